The van der Waals surface area contributed by atoms with Gasteiger partial charge in [-0.3, -0.25) is 0 Å². The zero-order valence-electron chi connectivity index (χ0n) is 15.9. The summed E-state index contributed by atoms with van der Waals surface area (Å²) in [4.78, 5) is 3.73. The number of benzene rings is 2. The molecule has 0 unspecified atom stereocenters. The van der Waals surface area contributed by atoms with Crippen molar-refractivity contribution in [2.45, 2.75) is 39.1 Å². The number of ether oxygens (including phenoxy) is 2. The predicted octanol–water partition coefficient (Wildman–Crippen LogP) is 5.10. The average molecular weight is 392 g/mol. The molecule has 0 bridgehead atoms. The highest BCUT2D eigenvalue weighted by atomic mass is 19.4. The van der Waals surface area contributed by atoms with Gasteiger partial charge in [0.15, 0.2) is 0 Å². The van der Waals surface area contributed by atoms with Gasteiger partial charge in [-0.1, -0.05) is 24.3 Å². The fourth-order valence-corrected chi connectivity index (χ4v) is 3.17. The highest BCUT2D eigenvalue weighted by molar-refractivity contribution is 5.76. The average Bonchev–Trinajstić information content (AvgIpc) is 3.03. The largest absolute Gasteiger partial charge is 0.492 e. The number of alkyl halides is 3. The van der Waals surface area contributed by atoms with Gasteiger partial charge >= 0.3 is 6.18 Å². The second-order valence-electron chi connectivity index (χ2n) is 6.54. The number of aromatic nitrogens is 2. The lowest BCUT2D eigenvalue weighted by Crippen LogP contribution is -2.18. The molecule has 7 heteroatoms. The summed E-state index contributed by atoms with van der Waals surface area (Å²) in [6.45, 7) is 4.81. The molecule has 150 valence electrons. The zero-order valence-corrected chi connectivity index (χ0v) is 15.9. The second-order valence-corrected chi connectivity index (χ2v) is 6.54. The van der Waals surface area contributed by atoms with Gasteiger partial charge in [0.1, 0.15) is 12.4 Å². The number of nitrogens with zero attached hydrogens (tertiary/aromatic N) is 2. The summed E-state index contributed by atoms with van der Waals surface area (Å²) in [5, 5.41) is 0. The maximum Gasteiger partial charge on any atom is 0.449 e. The van der Waals surface area contributed by atoms with Crippen molar-refractivity contribution in [1.29, 1.82) is 0 Å². The van der Waals surface area contributed by atoms with Crippen molar-refractivity contribution in [3.05, 3.63) is 59.9 Å². The molecule has 4 nitrogen and oxygen atoms in total. The topological polar surface area (TPSA) is 36.3 Å². The number of halogens is 3. The maximum absolute atomic E-state index is 13.3. The van der Waals surface area contributed by atoms with Crippen LogP contribution in [0.25, 0.3) is 11.0 Å². The third-order valence-electron chi connectivity index (χ3n) is 4.39. The summed E-state index contributed by atoms with van der Waals surface area (Å²) in [6, 6.07) is 14.1. The van der Waals surface area contributed by atoms with Gasteiger partial charge in [0, 0.05) is 6.61 Å². The van der Waals surface area contributed by atoms with Gasteiger partial charge in [-0.05, 0) is 50.1 Å². The van der Waals surface area contributed by atoms with Crippen LogP contribution in [-0.4, -0.2) is 28.9 Å². The Labute approximate surface area is 161 Å². The van der Waals surface area contributed by atoms with Crippen molar-refractivity contribution in [1.82, 2.24) is 9.55 Å². The number of hydrogen-bond acceptors (Lipinski definition) is 3. The van der Waals surface area contributed by atoms with Crippen LogP contribution >= 0.6 is 0 Å². The van der Waals surface area contributed by atoms with Crippen LogP contribution in [0.3, 0.4) is 0 Å². The summed E-state index contributed by atoms with van der Waals surface area (Å²) in [5.74, 6) is -0.289. The molecule has 28 heavy (non-hydrogen) atoms. The van der Waals surface area contributed by atoms with Crippen LogP contribution in [0.1, 0.15) is 25.2 Å². The quantitative estimate of drug-likeness (QED) is 0.535. The van der Waals surface area contributed by atoms with Crippen LogP contribution in [0.5, 0.6) is 5.75 Å². The SMILES string of the molecule is CCO[C@H](C)Cc1ccc(OCCn2c(C(F)(F)F)nc3ccccc32)cc1. The van der Waals surface area contributed by atoms with Crippen molar-refractivity contribution in [2.24, 2.45) is 0 Å². The lowest BCUT2D eigenvalue weighted by Gasteiger charge is -2.13. The Bertz CT molecular complexity index is 904. The van der Waals surface area contributed by atoms with E-state index < -0.39 is 12.0 Å². The highest BCUT2D eigenvalue weighted by Crippen LogP contribution is 2.31. The normalized spacial score (nSPS) is 13.0. The first-order valence-electron chi connectivity index (χ1n) is 9.24. The molecule has 0 aliphatic carbocycles. The number of rotatable bonds is 8. The Kier molecular flexibility index (Phi) is 6.24. The summed E-state index contributed by atoms with van der Waals surface area (Å²) >= 11 is 0. The molecule has 3 aromatic rings. The Hall–Kier alpha value is -2.54. The summed E-state index contributed by atoms with van der Waals surface area (Å²) in [7, 11) is 0. The van der Waals surface area contributed by atoms with E-state index in [2.05, 4.69) is 4.98 Å². The van der Waals surface area contributed by atoms with Gasteiger partial charge < -0.3 is 14.0 Å². The summed E-state index contributed by atoms with van der Waals surface area (Å²) in [5.41, 5.74) is 1.88. The number of para-hydroxylation sites is 2. The Morgan fingerprint density at radius 2 is 1.79 bits per heavy atom. The van der Waals surface area contributed by atoms with Crippen molar-refractivity contribution in [3.8, 4) is 5.75 Å². The Morgan fingerprint density at radius 3 is 2.46 bits per heavy atom. The second kappa shape index (κ2) is 8.65. The van der Waals surface area contributed by atoms with E-state index in [0.29, 0.717) is 23.4 Å². The van der Waals surface area contributed by atoms with E-state index in [-0.39, 0.29) is 19.3 Å². The number of imidazole rings is 1. The van der Waals surface area contributed by atoms with Crippen LogP contribution in [0, 0.1) is 0 Å². The number of fused-ring (bicyclic) bond motifs is 1. The van der Waals surface area contributed by atoms with Crippen molar-refractivity contribution in [3.63, 3.8) is 0 Å². The van der Waals surface area contributed by atoms with E-state index in [4.69, 9.17) is 9.47 Å². The van der Waals surface area contributed by atoms with Crippen molar-refractivity contribution in [2.75, 3.05) is 13.2 Å². The van der Waals surface area contributed by atoms with Gasteiger partial charge in [-0.25, -0.2) is 4.98 Å². The molecule has 0 N–H and O–H groups in total. The Balaban J connectivity index is 1.65. The van der Waals surface area contributed by atoms with E-state index in [9.17, 15) is 13.2 Å². The smallest absolute Gasteiger partial charge is 0.449 e. The van der Waals surface area contributed by atoms with Crippen LogP contribution in [-0.2, 0) is 23.9 Å². The van der Waals surface area contributed by atoms with Gasteiger partial charge in [0.25, 0.3) is 0 Å². The monoisotopic (exact) mass is 392 g/mol. The number of hydrogen-bond donors (Lipinski definition) is 0. The van der Waals surface area contributed by atoms with E-state index in [1.54, 1.807) is 24.3 Å². The zero-order chi connectivity index (χ0) is 20.1. The van der Waals surface area contributed by atoms with Gasteiger partial charge in [-0.15, -0.1) is 0 Å². The fraction of sp³-hybridized carbons (Fsp3) is 0.381. The maximum atomic E-state index is 13.3. The lowest BCUT2D eigenvalue weighted by molar-refractivity contribution is -0.147. The molecule has 1 heterocycles. The first kappa shape index (κ1) is 20.2. The van der Waals surface area contributed by atoms with Crippen molar-refractivity contribution < 1.29 is 22.6 Å². The third kappa shape index (κ3) is 4.84. The molecule has 0 saturated carbocycles. The van der Waals surface area contributed by atoms with Crippen LogP contribution in [0.15, 0.2) is 48.5 Å². The Morgan fingerprint density at radius 1 is 1.07 bits per heavy atom. The summed E-state index contributed by atoms with van der Waals surface area (Å²) < 4.78 is 52.3. The molecule has 0 radical (unpaired) electrons. The molecule has 0 aliphatic rings. The molecule has 0 aliphatic heterocycles. The van der Waals surface area contributed by atoms with Crippen LogP contribution in [0.2, 0.25) is 0 Å². The predicted molar refractivity (Wildman–Crippen MR) is 101 cm³/mol. The standard InChI is InChI=1S/C21H23F3N2O2/c1-3-27-15(2)14-16-8-10-17(11-9-16)28-13-12-26-19-7-5-4-6-18(19)25-20(26)21(22,23)24/h4-11,15H,3,12-14H2,1-2H3/t15-/m1/s1. The molecule has 0 amide bonds. The molecular formula is C21H23F3N2O2. The lowest BCUT2D eigenvalue weighted by atomic mass is 10.1. The van der Waals surface area contributed by atoms with Gasteiger partial charge in [0.2, 0.25) is 5.82 Å². The van der Waals surface area contributed by atoms with E-state index in [1.807, 2.05) is 38.1 Å². The fourth-order valence-electron chi connectivity index (χ4n) is 3.17. The first-order chi connectivity index (χ1) is 13.4. The minimum Gasteiger partial charge on any atom is -0.492 e. The molecule has 1 aromatic heterocycles. The molecule has 0 saturated heterocycles. The minimum absolute atomic E-state index is 0.0540. The molecule has 1 atom stereocenters. The van der Waals surface area contributed by atoms with Crippen molar-refractivity contribution >= 4 is 11.0 Å². The van der Waals surface area contributed by atoms with E-state index >= 15 is 0 Å². The summed E-state index contributed by atoms with van der Waals surface area (Å²) in [6.07, 6.45) is -3.59. The van der Waals surface area contributed by atoms with Gasteiger partial charge in [0.05, 0.1) is 23.7 Å². The van der Waals surface area contributed by atoms with Crippen LogP contribution < -0.4 is 4.74 Å². The highest BCUT2D eigenvalue weighted by Gasteiger charge is 2.37. The first-order valence-corrected chi connectivity index (χ1v) is 9.24. The van der Waals surface area contributed by atoms with Gasteiger partial charge in [-0.2, -0.15) is 13.2 Å². The third-order valence-corrected chi connectivity index (χ3v) is 4.39. The minimum atomic E-state index is -4.52. The molecule has 2 aromatic carbocycles. The molecule has 0 fully saturated rings. The molecular weight excluding hydrogens is 369 g/mol. The molecule has 3 rings (SSSR count). The van der Waals surface area contributed by atoms with Crippen LogP contribution in [0.4, 0.5) is 13.2 Å². The van der Waals surface area contributed by atoms with E-state index in [0.717, 1.165) is 16.6 Å². The van der Waals surface area contributed by atoms with E-state index in [1.165, 1.54) is 0 Å². The molecule has 0 spiro atoms.